The molecule has 1 saturated heterocycles. The second-order valence-electron chi connectivity index (χ2n) is 6.64. The lowest BCUT2D eigenvalue weighted by Gasteiger charge is -2.23. The fourth-order valence-electron chi connectivity index (χ4n) is 3.36. The molecule has 1 aromatic heterocycles. The smallest absolute Gasteiger partial charge is 0.287 e. The van der Waals surface area contributed by atoms with Gasteiger partial charge in [-0.05, 0) is 37.6 Å². The number of para-hydroxylation sites is 1. The van der Waals surface area contributed by atoms with E-state index in [0.29, 0.717) is 22.0 Å². The molecular weight excluding hydrogens is 363 g/mol. The number of hydrogen-bond donors (Lipinski definition) is 2. The highest BCUT2D eigenvalue weighted by atomic mass is 32.2. The van der Waals surface area contributed by atoms with Crippen LogP contribution in [0.4, 0.5) is 4.39 Å². The molecule has 1 atom stereocenters. The Hall–Kier alpha value is -2.31. The highest BCUT2D eigenvalue weighted by molar-refractivity contribution is 7.98. The lowest BCUT2D eigenvalue weighted by Crippen LogP contribution is -2.45. The lowest BCUT2D eigenvalue weighted by molar-refractivity contribution is 0.0904. The van der Waals surface area contributed by atoms with Crippen molar-refractivity contribution in [3.05, 3.63) is 65.7 Å². The summed E-state index contributed by atoms with van der Waals surface area (Å²) in [7, 11) is 0. The predicted octanol–water partition coefficient (Wildman–Crippen LogP) is 4.35. The number of nitrogens with one attached hydrogen (secondary N) is 2. The molecule has 140 valence electrons. The van der Waals surface area contributed by atoms with Gasteiger partial charge in [0.15, 0.2) is 5.76 Å². The van der Waals surface area contributed by atoms with Crippen molar-refractivity contribution in [2.45, 2.75) is 29.5 Å². The van der Waals surface area contributed by atoms with Gasteiger partial charge in [-0.15, -0.1) is 11.8 Å². The standard InChI is InChI=1S/C21H21FN2O2S/c22-17-8-2-4-10-19(17)27-13-16-15-7-1-3-9-18(15)26-20(16)21(25)24-14-6-5-11-23-12-14/h1-4,7-10,14,23H,5-6,11-13H2,(H,24,25). The van der Waals surface area contributed by atoms with Crippen molar-refractivity contribution in [3.8, 4) is 0 Å². The van der Waals surface area contributed by atoms with Crippen molar-refractivity contribution in [1.82, 2.24) is 10.6 Å². The van der Waals surface area contributed by atoms with E-state index in [1.807, 2.05) is 30.3 Å². The first-order valence-electron chi connectivity index (χ1n) is 9.11. The van der Waals surface area contributed by atoms with Crippen molar-refractivity contribution >= 4 is 28.6 Å². The molecule has 27 heavy (non-hydrogen) atoms. The molecule has 0 bridgehead atoms. The van der Waals surface area contributed by atoms with Crippen LogP contribution in [0.5, 0.6) is 0 Å². The second kappa shape index (κ2) is 8.15. The number of furan rings is 1. The zero-order valence-corrected chi connectivity index (χ0v) is 15.7. The quantitative estimate of drug-likeness (QED) is 0.643. The van der Waals surface area contributed by atoms with Gasteiger partial charge in [-0.3, -0.25) is 4.79 Å². The molecule has 1 aliphatic heterocycles. The molecule has 0 spiro atoms. The molecule has 2 N–H and O–H groups in total. The lowest BCUT2D eigenvalue weighted by atomic mass is 10.1. The van der Waals surface area contributed by atoms with Crippen molar-refractivity contribution < 1.29 is 13.6 Å². The van der Waals surface area contributed by atoms with Gasteiger partial charge >= 0.3 is 0 Å². The van der Waals surface area contributed by atoms with E-state index in [2.05, 4.69) is 10.6 Å². The van der Waals surface area contributed by atoms with E-state index in [1.54, 1.807) is 12.1 Å². The maximum absolute atomic E-state index is 14.0. The molecule has 4 nitrogen and oxygen atoms in total. The van der Waals surface area contributed by atoms with Crippen LogP contribution in [-0.2, 0) is 5.75 Å². The zero-order chi connectivity index (χ0) is 18.6. The van der Waals surface area contributed by atoms with Gasteiger partial charge in [0.25, 0.3) is 5.91 Å². The van der Waals surface area contributed by atoms with E-state index in [0.717, 1.165) is 36.9 Å². The van der Waals surface area contributed by atoms with Gasteiger partial charge in [-0.1, -0.05) is 30.3 Å². The van der Waals surface area contributed by atoms with E-state index in [9.17, 15) is 9.18 Å². The number of thioether (sulfide) groups is 1. The molecule has 4 rings (SSSR count). The minimum absolute atomic E-state index is 0.103. The Kier molecular flexibility index (Phi) is 5.45. The summed E-state index contributed by atoms with van der Waals surface area (Å²) in [6.07, 6.45) is 2.00. The third-order valence-electron chi connectivity index (χ3n) is 4.75. The number of carbonyl (C=O) groups excluding carboxylic acids is 1. The Labute approximate surface area is 161 Å². The van der Waals surface area contributed by atoms with E-state index < -0.39 is 0 Å². The summed E-state index contributed by atoms with van der Waals surface area (Å²) < 4.78 is 19.9. The Morgan fingerprint density at radius 2 is 2.04 bits per heavy atom. The molecule has 6 heteroatoms. The van der Waals surface area contributed by atoms with Gasteiger partial charge in [-0.25, -0.2) is 4.39 Å². The molecule has 1 amide bonds. The fraction of sp³-hybridized carbons (Fsp3) is 0.286. The third kappa shape index (κ3) is 4.01. The van der Waals surface area contributed by atoms with Crippen LogP contribution in [0.25, 0.3) is 11.0 Å². The zero-order valence-electron chi connectivity index (χ0n) is 14.8. The molecule has 1 aliphatic rings. The average molecular weight is 384 g/mol. The average Bonchev–Trinajstić information content (AvgIpc) is 3.07. The van der Waals surface area contributed by atoms with E-state index >= 15 is 0 Å². The van der Waals surface area contributed by atoms with Crippen LogP contribution in [0, 0.1) is 5.82 Å². The van der Waals surface area contributed by atoms with E-state index in [4.69, 9.17) is 4.42 Å². The van der Waals surface area contributed by atoms with E-state index in [-0.39, 0.29) is 17.8 Å². The molecule has 0 aliphatic carbocycles. The number of halogens is 1. The van der Waals surface area contributed by atoms with Crippen molar-refractivity contribution in [3.63, 3.8) is 0 Å². The molecule has 0 radical (unpaired) electrons. The molecule has 3 aromatic rings. The van der Waals surface area contributed by atoms with Crippen LogP contribution in [0.15, 0.2) is 57.8 Å². The van der Waals surface area contributed by atoms with Gasteiger partial charge < -0.3 is 15.1 Å². The van der Waals surface area contributed by atoms with Gasteiger partial charge in [0.1, 0.15) is 11.4 Å². The summed E-state index contributed by atoms with van der Waals surface area (Å²) >= 11 is 1.37. The summed E-state index contributed by atoms with van der Waals surface area (Å²) in [6, 6.07) is 14.4. The molecule has 1 unspecified atom stereocenters. The van der Waals surface area contributed by atoms with Crippen LogP contribution in [-0.4, -0.2) is 25.0 Å². The first-order chi connectivity index (χ1) is 13.2. The summed E-state index contributed by atoms with van der Waals surface area (Å²) in [5.41, 5.74) is 1.48. The Morgan fingerprint density at radius 1 is 1.22 bits per heavy atom. The summed E-state index contributed by atoms with van der Waals surface area (Å²) in [5.74, 6) is 0.327. The van der Waals surface area contributed by atoms with Gasteiger partial charge in [0, 0.05) is 34.2 Å². The molecule has 0 saturated carbocycles. The SMILES string of the molecule is O=C(NC1CCCNC1)c1oc2ccccc2c1CSc1ccccc1F. The highest BCUT2D eigenvalue weighted by Crippen LogP contribution is 2.33. The van der Waals surface area contributed by atoms with Gasteiger partial charge in [-0.2, -0.15) is 0 Å². The largest absolute Gasteiger partial charge is 0.451 e. The minimum Gasteiger partial charge on any atom is -0.451 e. The van der Waals surface area contributed by atoms with E-state index in [1.165, 1.54) is 17.8 Å². The number of fused-ring (bicyclic) bond motifs is 1. The topological polar surface area (TPSA) is 54.3 Å². The van der Waals surface area contributed by atoms with Crippen LogP contribution in [0.2, 0.25) is 0 Å². The highest BCUT2D eigenvalue weighted by Gasteiger charge is 2.24. The Balaban J connectivity index is 1.60. The van der Waals surface area contributed by atoms with Crippen LogP contribution in [0.1, 0.15) is 29.0 Å². The van der Waals surface area contributed by atoms with Gasteiger partial charge in [0.05, 0.1) is 0 Å². The van der Waals surface area contributed by atoms with Crippen molar-refractivity contribution in [2.75, 3.05) is 13.1 Å². The summed E-state index contributed by atoms with van der Waals surface area (Å²) in [4.78, 5) is 13.4. The second-order valence-corrected chi connectivity index (χ2v) is 7.66. The first kappa shape index (κ1) is 18.1. The van der Waals surface area contributed by atoms with Crippen molar-refractivity contribution in [1.29, 1.82) is 0 Å². The van der Waals surface area contributed by atoms with Gasteiger partial charge in [0.2, 0.25) is 0 Å². The molecule has 2 heterocycles. The number of hydrogen-bond acceptors (Lipinski definition) is 4. The predicted molar refractivity (Wildman–Crippen MR) is 106 cm³/mol. The summed E-state index contributed by atoms with van der Waals surface area (Å²) in [5, 5.41) is 7.26. The number of rotatable bonds is 5. The maximum atomic E-state index is 14.0. The fourth-order valence-corrected chi connectivity index (χ4v) is 4.33. The molecule has 2 aromatic carbocycles. The monoisotopic (exact) mass is 384 g/mol. The number of piperidine rings is 1. The number of benzene rings is 2. The summed E-state index contributed by atoms with van der Waals surface area (Å²) in [6.45, 7) is 1.76. The van der Waals surface area contributed by atoms with Crippen LogP contribution >= 0.6 is 11.8 Å². The van der Waals surface area contributed by atoms with Crippen LogP contribution in [0.3, 0.4) is 0 Å². The Bertz CT molecular complexity index is 950. The first-order valence-corrected chi connectivity index (χ1v) is 10.1. The number of carbonyl (C=O) groups is 1. The third-order valence-corrected chi connectivity index (χ3v) is 5.82. The normalized spacial score (nSPS) is 17.1. The molecule has 1 fully saturated rings. The van der Waals surface area contributed by atoms with Crippen LogP contribution < -0.4 is 10.6 Å². The number of amides is 1. The minimum atomic E-state index is -0.255. The Morgan fingerprint density at radius 3 is 2.85 bits per heavy atom. The maximum Gasteiger partial charge on any atom is 0.287 e. The molecular formula is C21H21FN2O2S. The van der Waals surface area contributed by atoms with Crippen molar-refractivity contribution in [2.24, 2.45) is 0 Å².